The van der Waals surface area contributed by atoms with Crippen LogP contribution in [0.5, 0.6) is 0 Å². The third kappa shape index (κ3) is 1.92. The standard InChI is InChI=1S/C15H11Cl4N/c1-20(2)15-11-10-7(6-9(16)13(11)18)4-3-5-8(10)12(17)14(15)19/h3-5H,6H2,1-2H3. The van der Waals surface area contributed by atoms with E-state index in [9.17, 15) is 0 Å². The molecule has 0 aliphatic heterocycles. The lowest BCUT2D eigenvalue weighted by molar-refractivity contribution is 1.13. The molecule has 1 aliphatic carbocycles. The molecule has 3 rings (SSSR count). The van der Waals surface area contributed by atoms with Crippen LogP contribution in [0.15, 0.2) is 23.2 Å². The Kier molecular flexibility index (Phi) is 3.58. The van der Waals surface area contributed by atoms with Crippen molar-refractivity contribution in [3.8, 4) is 0 Å². The van der Waals surface area contributed by atoms with E-state index in [-0.39, 0.29) is 0 Å². The summed E-state index contributed by atoms with van der Waals surface area (Å²) in [6.45, 7) is 0. The summed E-state index contributed by atoms with van der Waals surface area (Å²) in [6.07, 6.45) is 0.621. The van der Waals surface area contributed by atoms with Gasteiger partial charge in [0, 0.05) is 36.5 Å². The third-order valence-electron chi connectivity index (χ3n) is 3.53. The minimum atomic E-state index is 0.501. The lowest BCUT2D eigenvalue weighted by Crippen LogP contribution is -2.14. The van der Waals surface area contributed by atoms with Gasteiger partial charge in [-0.25, -0.2) is 0 Å². The van der Waals surface area contributed by atoms with E-state index in [1.165, 1.54) is 0 Å². The molecule has 0 atom stereocenters. The quantitative estimate of drug-likeness (QED) is 0.619. The molecular weight excluding hydrogens is 336 g/mol. The molecule has 0 fully saturated rings. The number of nitrogens with zero attached hydrogens (tertiary/aromatic N) is 1. The lowest BCUT2D eigenvalue weighted by atomic mass is 9.91. The Labute approximate surface area is 137 Å². The zero-order valence-corrected chi connectivity index (χ0v) is 13.9. The summed E-state index contributed by atoms with van der Waals surface area (Å²) in [4.78, 5) is 1.91. The Morgan fingerprint density at radius 1 is 1.00 bits per heavy atom. The molecule has 2 aromatic rings. The van der Waals surface area contributed by atoms with E-state index < -0.39 is 0 Å². The Morgan fingerprint density at radius 2 is 1.70 bits per heavy atom. The highest BCUT2D eigenvalue weighted by molar-refractivity contribution is 6.58. The van der Waals surface area contributed by atoms with Crippen LogP contribution in [0.25, 0.3) is 15.8 Å². The van der Waals surface area contributed by atoms with Crippen LogP contribution in [0, 0.1) is 0 Å². The molecule has 20 heavy (non-hydrogen) atoms. The zero-order valence-electron chi connectivity index (χ0n) is 10.9. The Bertz CT molecular complexity index is 762. The average molecular weight is 347 g/mol. The molecule has 0 saturated carbocycles. The van der Waals surface area contributed by atoms with Gasteiger partial charge in [0.1, 0.15) is 0 Å². The predicted octanol–water partition coefficient (Wildman–Crippen LogP) is 5.91. The maximum Gasteiger partial charge on any atom is 0.0838 e. The first-order valence-electron chi connectivity index (χ1n) is 6.08. The summed E-state index contributed by atoms with van der Waals surface area (Å²) in [6, 6.07) is 5.96. The molecule has 0 unspecified atom stereocenters. The first-order valence-corrected chi connectivity index (χ1v) is 7.59. The van der Waals surface area contributed by atoms with Crippen molar-refractivity contribution in [3.05, 3.63) is 44.4 Å². The lowest BCUT2D eigenvalue weighted by Gasteiger charge is -2.26. The number of allylic oxidation sites excluding steroid dienone is 1. The second-order valence-corrected chi connectivity index (χ2v) is 6.57. The molecule has 0 aromatic heterocycles. The summed E-state index contributed by atoms with van der Waals surface area (Å²) in [5.41, 5.74) is 2.79. The number of hydrogen-bond donors (Lipinski definition) is 0. The third-order valence-corrected chi connectivity index (χ3v) is 5.22. The van der Waals surface area contributed by atoms with Crippen LogP contribution in [0.4, 0.5) is 5.69 Å². The van der Waals surface area contributed by atoms with Gasteiger partial charge >= 0.3 is 0 Å². The van der Waals surface area contributed by atoms with Gasteiger partial charge in [0.2, 0.25) is 0 Å². The van der Waals surface area contributed by atoms with E-state index in [0.29, 0.717) is 26.5 Å². The van der Waals surface area contributed by atoms with Gasteiger partial charge in [-0.2, -0.15) is 0 Å². The van der Waals surface area contributed by atoms with Crippen molar-refractivity contribution in [1.82, 2.24) is 0 Å². The molecular formula is C15H11Cl4N. The Morgan fingerprint density at radius 3 is 2.35 bits per heavy atom. The zero-order chi connectivity index (χ0) is 14.6. The van der Waals surface area contributed by atoms with Gasteiger partial charge in [-0.05, 0) is 10.9 Å². The van der Waals surface area contributed by atoms with E-state index in [4.69, 9.17) is 46.4 Å². The maximum atomic E-state index is 6.46. The van der Waals surface area contributed by atoms with Crippen LogP contribution in [0.1, 0.15) is 11.1 Å². The highest BCUT2D eigenvalue weighted by Gasteiger charge is 2.26. The molecule has 104 valence electrons. The van der Waals surface area contributed by atoms with E-state index in [0.717, 1.165) is 27.6 Å². The van der Waals surface area contributed by atoms with Crippen LogP contribution in [-0.2, 0) is 6.42 Å². The molecule has 1 nitrogen and oxygen atoms in total. The predicted molar refractivity (Wildman–Crippen MR) is 90.6 cm³/mol. The average Bonchev–Trinajstić information content (AvgIpc) is 2.40. The van der Waals surface area contributed by atoms with E-state index in [1.54, 1.807) is 0 Å². The van der Waals surface area contributed by atoms with Gasteiger partial charge in [-0.1, -0.05) is 64.6 Å². The van der Waals surface area contributed by atoms with Gasteiger partial charge in [-0.15, -0.1) is 0 Å². The molecule has 0 bridgehead atoms. The minimum absolute atomic E-state index is 0.501. The monoisotopic (exact) mass is 345 g/mol. The SMILES string of the molecule is CN(C)c1c(Cl)c(Cl)c2cccc3c2c1C(Cl)=C(Cl)C3. The first kappa shape index (κ1) is 14.3. The smallest absolute Gasteiger partial charge is 0.0838 e. The normalized spacial score (nSPS) is 14.1. The number of rotatable bonds is 1. The fourth-order valence-electron chi connectivity index (χ4n) is 2.69. The maximum absolute atomic E-state index is 6.46. The van der Waals surface area contributed by atoms with Gasteiger partial charge in [-0.3, -0.25) is 0 Å². The molecule has 5 heteroatoms. The molecule has 0 radical (unpaired) electrons. The van der Waals surface area contributed by atoms with Crippen LogP contribution < -0.4 is 4.90 Å². The van der Waals surface area contributed by atoms with Gasteiger partial charge in [0.05, 0.1) is 20.8 Å². The minimum Gasteiger partial charge on any atom is -0.376 e. The molecule has 1 aliphatic rings. The van der Waals surface area contributed by atoms with Crippen LogP contribution >= 0.6 is 46.4 Å². The van der Waals surface area contributed by atoms with Crippen molar-refractivity contribution in [1.29, 1.82) is 0 Å². The van der Waals surface area contributed by atoms with Crippen molar-refractivity contribution < 1.29 is 0 Å². The van der Waals surface area contributed by atoms with Crippen molar-refractivity contribution in [2.75, 3.05) is 19.0 Å². The Balaban J connectivity index is 2.60. The summed E-state index contributed by atoms with van der Waals surface area (Å²) >= 11 is 25.6. The second-order valence-electron chi connectivity index (χ2n) is 4.98. The van der Waals surface area contributed by atoms with Crippen LogP contribution in [0.3, 0.4) is 0 Å². The molecule has 0 spiro atoms. The fourth-order valence-corrected chi connectivity index (χ4v) is 3.79. The summed E-state index contributed by atoms with van der Waals surface area (Å²) in [5.74, 6) is 0. The van der Waals surface area contributed by atoms with Gasteiger partial charge < -0.3 is 4.90 Å². The molecule has 0 N–H and O–H groups in total. The second kappa shape index (κ2) is 4.99. The summed E-state index contributed by atoms with van der Waals surface area (Å²) in [7, 11) is 3.82. The highest BCUT2D eigenvalue weighted by Crippen LogP contribution is 2.50. The van der Waals surface area contributed by atoms with Crippen LogP contribution in [-0.4, -0.2) is 14.1 Å². The summed E-state index contributed by atoms with van der Waals surface area (Å²) < 4.78 is 0. The van der Waals surface area contributed by atoms with Crippen molar-refractivity contribution >= 4 is 67.9 Å². The number of halogens is 4. The number of benzene rings is 2. The molecule has 2 aromatic carbocycles. The fraction of sp³-hybridized carbons (Fsp3) is 0.200. The molecule has 0 heterocycles. The van der Waals surface area contributed by atoms with Gasteiger partial charge in [0.15, 0.2) is 0 Å². The highest BCUT2D eigenvalue weighted by atomic mass is 35.5. The number of hydrogen-bond acceptors (Lipinski definition) is 1. The van der Waals surface area contributed by atoms with Crippen molar-refractivity contribution in [3.63, 3.8) is 0 Å². The molecule has 0 saturated heterocycles. The largest absolute Gasteiger partial charge is 0.376 e. The van der Waals surface area contributed by atoms with Gasteiger partial charge in [0.25, 0.3) is 0 Å². The van der Waals surface area contributed by atoms with Crippen molar-refractivity contribution in [2.24, 2.45) is 0 Å². The topological polar surface area (TPSA) is 3.24 Å². The van der Waals surface area contributed by atoms with Crippen LogP contribution in [0.2, 0.25) is 10.0 Å². The van der Waals surface area contributed by atoms with E-state index in [1.807, 2.05) is 37.2 Å². The number of anilines is 1. The van der Waals surface area contributed by atoms with E-state index in [2.05, 4.69) is 0 Å². The van der Waals surface area contributed by atoms with E-state index >= 15 is 0 Å². The molecule has 0 amide bonds. The van der Waals surface area contributed by atoms with Crippen molar-refractivity contribution in [2.45, 2.75) is 6.42 Å². The first-order chi connectivity index (χ1) is 9.43. The Hall–Kier alpha value is -0.600. The summed E-state index contributed by atoms with van der Waals surface area (Å²) in [5, 5.41) is 4.20.